The van der Waals surface area contributed by atoms with Gasteiger partial charge in [0.25, 0.3) is 0 Å². The predicted molar refractivity (Wildman–Crippen MR) is 59.5 cm³/mol. The maximum Gasteiger partial charge on any atom is 0.0235 e. The van der Waals surface area contributed by atoms with Gasteiger partial charge in [0.2, 0.25) is 0 Å². The first-order valence-electron chi connectivity index (χ1n) is 5.68. The Hall–Kier alpha value is 0.250. The van der Waals surface area contributed by atoms with Gasteiger partial charge in [-0.25, -0.2) is 0 Å². The average molecular weight is 204 g/mol. The van der Waals surface area contributed by atoms with Crippen LogP contribution in [-0.4, -0.2) is 29.9 Å². The molecule has 13 heavy (non-hydrogen) atoms. The van der Waals surface area contributed by atoms with Crippen LogP contribution in [0.1, 0.15) is 45.4 Å². The molecule has 0 aromatic rings. The zero-order valence-electron chi connectivity index (χ0n) is 8.77. The first-order chi connectivity index (χ1) is 6.38. The van der Waals surface area contributed by atoms with E-state index in [9.17, 15) is 0 Å². The van der Waals surface area contributed by atoms with Crippen LogP contribution < -0.4 is 0 Å². The first kappa shape index (κ1) is 11.3. The van der Waals surface area contributed by atoms with E-state index in [1.165, 1.54) is 45.2 Å². The number of hydrogen-bond donors (Lipinski definition) is 0. The van der Waals surface area contributed by atoms with E-state index in [1.807, 2.05) is 0 Å². The normalized spacial score (nSPS) is 25.8. The molecule has 0 amide bonds. The zero-order valence-corrected chi connectivity index (χ0v) is 9.52. The van der Waals surface area contributed by atoms with E-state index in [2.05, 4.69) is 11.8 Å². The van der Waals surface area contributed by atoms with Gasteiger partial charge < -0.3 is 4.90 Å². The molecule has 0 bridgehead atoms. The van der Waals surface area contributed by atoms with E-state index >= 15 is 0 Å². The Kier molecular flexibility index (Phi) is 5.81. The molecule has 1 heterocycles. The molecule has 1 unspecified atom stereocenters. The minimum atomic E-state index is 0.812. The molecule has 0 radical (unpaired) electrons. The van der Waals surface area contributed by atoms with Crippen molar-refractivity contribution in [2.45, 2.75) is 51.5 Å². The fourth-order valence-corrected chi connectivity index (χ4v) is 2.38. The van der Waals surface area contributed by atoms with Gasteiger partial charge in [0.1, 0.15) is 0 Å². The lowest BCUT2D eigenvalue weighted by Crippen LogP contribution is -2.35. The van der Waals surface area contributed by atoms with Crippen LogP contribution in [0.15, 0.2) is 0 Å². The highest BCUT2D eigenvalue weighted by Gasteiger charge is 2.18. The molecule has 1 rings (SSSR count). The van der Waals surface area contributed by atoms with Crippen LogP contribution in [0.3, 0.4) is 0 Å². The Morgan fingerprint density at radius 2 is 2.15 bits per heavy atom. The second-order valence-corrected chi connectivity index (χ2v) is 4.37. The van der Waals surface area contributed by atoms with E-state index in [1.54, 1.807) is 0 Å². The Balaban J connectivity index is 2.34. The molecule has 0 spiro atoms. The molecule has 0 aromatic carbocycles. The zero-order chi connectivity index (χ0) is 9.52. The van der Waals surface area contributed by atoms with E-state index in [0.29, 0.717) is 0 Å². The van der Waals surface area contributed by atoms with Crippen molar-refractivity contribution in [3.05, 3.63) is 0 Å². The standard InChI is InChI=1S/C11H22ClN/c1-2-11-7-4-3-5-9-13(11)10-6-8-12/h11H,2-10H2,1H3. The van der Waals surface area contributed by atoms with Gasteiger partial charge in [0, 0.05) is 11.9 Å². The molecule has 1 nitrogen and oxygen atoms in total. The maximum absolute atomic E-state index is 5.73. The minimum absolute atomic E-state index is 0.812. The molecule has 0 N–H and O–H groups in total. The summed E-state index contributed by atoms with van der Waals surface area (Å²) in [6, 6.07) is 0.839. The van der Waals surface area contributed by atoms with Crippen LogP contribution >= 0.6 is 11.6 Å². The number of nitrogens with zero attached hydrogens (tertiary/aromatic N) is 1. The van der Waals surface area contributed by atoms with Crippen molar-refractivity contribution in [3.63, 3.8) is 0 Å². The summed E-state index contributed by atoms with van der Waals surface area (Å²) in [6.07, 6.45) is 8.10. The lowest BCUT2D eigenvalue weighted by molar-refractivity contribution is 0.195. The molecule has 0 saturated carbocycles. The van der Waals surface area contributed by atoms with Crippen LogP contribution in [-0.2, 0) is 0 Å². The van der Waals surface area contributed by atoms with E-state index < -0.39 is 0 Å². The smallest absolute Gasteiger partial charge is 0.0235 e. The van der Waals surface area contributed by atoms with Crippen LogP contribution in [0.25, 0.3) is 0 Å². The van der Waals surface area contributed by atoms with Crippen molar-refractivity contribution in [1.82, 2.24) is 4.90 Å². The summed E-state index contributed by atoms with van der Waals surface area (Å²) < 4.78 is 0. The first-order valence-corrected chi connectivity index (χ1v) is 6.22. The fraction of sp³-hybridized carbons (Fsp3) is 1.00. The molecule has 0 aromatic heterocycles. The van der Waals surface area contributed by atoms with Crippen LogP contribution in [0.2, 0.25) is 0 Å². The van der Waals surface area contributed by atoms with Crippen LogP contribution in [0.4, 0.5) is 0 Å². The number of rotatable bonds is 4. The second kappa shape index (κ2) is 6.67. The predicted octanol–water partition coefficient (Wildman–Crippen LogP) is 3.27. The number of halogens is 1. The molecule has 78 valence electrons. The van der Waals surface area contributed by atoms with Gasteiger partial charge in [-0.05, 0) is 38.8 Å². The van der Waals surface area contributed by atoms with E-state index in [0.717, 1.165) is 18.3 Å². The average Bonchev–Trinajstić information content (AvgIpc) is 2.39. The topological polar surface area (TPSA) is 3.24 Å². The Morgan fingerprint density at radius 1 is 1.31 bits per heavy atom. The molecule has 1 saturated heterocycles. The Bertz CT molecular complexity index is 127. The molecule has 2 heteroatoms. The van der Waals surface area contributed by atoms with E-state index in [4.69, 9.17) is 11.6 Å². The largest absolute Gasteiger partial charge is 0.300 e. The van der Waals surface area contributed by atoms with Gasteiger partial charge in [-0.3, -0.25) is 0 Å². The summed E-state index contributed by atoms with van der Waals surface area (Å²) in [5.41, 5.74) is 0. The van der Waals surface area contributed by atoms with E-state index in [-0.39, 0.29) is 0 Å². The molecule has 1 atom stereocenters. The third kappa shape index (κ3) is 3.86. The van der Waals surface area contributed by atoms with Gasteiger partial charge in [-0.15, -0.1) is 11.6 Å². The summed E-state index contributed by atoms with van der Waals surface area (Å²) in [4.78, 5) is 2.65. The molecular formula is C11H22ClN. The van der Waals surface area contributed by atoms with Crippen molar-refractivity contribution in [1.29, 1.82) is 0 Å². The van der Waals surface area contributed by atoms with Crippen molar-refractivity contribution in [2.75, 3.05) is 19.0 Å². The van der Waals surface area contributed by atoms with Gasteiger partial charge in [-0.1, -0.05) is 19.8 Å². The lowest BCUT2D eigenvalue weighted by Gasteiger charge is -2.28. The molecule has 1 aliphatic heterocycles. The van der Waals surface area contributed by atoms with Gasteiger partial charge in [0.05, 0.1) is 0 Å². The third-order valence-electron chi connectivity index (χ3n) is 3.05. The molecule has 0 aliphatic carbocycles. The van der Waals surface area contributed by atoms with Crippen LogP contribution in [0.5, 0.6) is 0 Å². The SMILES string of the molecule is CCC1CCCCCN1CCCCl. The quantitative estimate of drug-likeness (QED) is 0.634. The molecule has 1 aliphatic rings. The monoisotopic (exact) mass is 203 g/mol. The van der Waals surface area contributed by atoms with Crippen molar-refractivity contribution in [2.24, 2.45) is 0 Å². The Labute approximate surface area is 87.4 Å². The minimum Gasteiger partial charge on any atom is -0.300 e. The summed E-state index contributed by atoms with van der Waals surface area (Å²) in [7, 11) is 0. The van der Waals surface area contributed by atoms with Crippen molar-refractivity contribution >= 4 is 11.6 Å². The van der Waals surface area contributed by atoms with Gasteiger partial charge in [-0.2, -0.15) is 0 Å². The fourth-order valence-electron chi connectivity index (χ4n) is 2.26. The van der Waals surface area contributed by atoms with Crippen molar-refractivity contribution in [3.8, 4) is 0 Å². The summed E-state index contributed by atoms with van der Waals surface area (Å²) in [5.74, 6) is 0.812. The highest BCUT2D eigenvalue weighted by molar-refractivity contribution is 6.17. The van der Waals surface area contributed by atoms with Crippen LogP contribution in [0, 0.1) is 0 Å². The Morgan fingerprint density at radius 3 is 2.85 bits per heavy atom. The highest BCUT2D eigenvalue weighted by Crippen LogP contribution is 2.19. The third-order valence-corrected chi connectivity index (χ3v) is 3.32. The second-order valence-electron chi connectivity index (χ2n) is 3.99. The summed E-state index contributed by atoms with van der Waals surface area (Å²) in [5, 5.41) is 0. The van der Waals surface area contributed by atoms with Crippen molar-refractivity contribution < 1.29 is 0 Å². The summed E-state index contributed by atoms with van der Waals surface area (Å²) in [6.45, 7) is 4.82. The summed E-state index contributed by atoms with van der Waals surface area (Å²) >= 11 is 5.73. The maximum atomic E-state index is 5.73. The number of hydrogen-bond acceptors (Lipinski definition) is 1. The van der Waals surface area contributed by atoms with Gasteiger partial charge >= 0.3 is 0 Å². The number of likely N-dealkylation sites (tertiary alicyclic amines) is 1. The highest BCUT2D eigenvalue weighted by atomic mass is 35.5. The number of alkyl halides is 1. The molecule has 1 fully saturated rings. The van der Waals surface area contributed by atoms with Gasteiger partial charge in [0.15, 0.2) is 0 Å². The molecular weight excluding hydrogens is 182 g/mol. The lowest BCUT2D eigenvalue weighted by atomic mass is 10.1.